The predicted octanol–water partition coefficient (Wildman–Crippen LogP) is 2.55. The minimum atomic E-state index is -1.67. The largest absolute Gasteiger partial charge is 0.323 e. The van der Waals surface area contributed by atoms with Gasteiger partial charge in [0, 0.05) is 22.9 Å². The van der Waals surface area contributed by atoms with Gasteiger partial charge in [-0.2, -0.15) is 0 Å². The second kappa shape index (κ2) is 6.06. The first kappa shape index (κ1) is 16.7. The summed E-state index contributed by atoms with van der Waals surface area (Å²) < 4.78 is 39.9. The fourth-order valence-electron chi connectivity index (χ4n) is 2.40. The topological polar surface area (TPSA) is 66.5 Å². The molecule has 0 saturated heterocycles. The van der Waals surface area contributed by atoms with Crippen LogP contribution in [0.25, 0.3) is 0 Å². The van der Waals surface area contributed by atoms with Gasteiger partial charge < -0.3 is 5.32 Å². The Morgan fingerprint density at radius 3 is 2.71 bits per heavy atom. The van der Waals surface area contributed by atoms with Gasteiger partial charge in [-0.1, -0.05) is 0 Å². The number of rotatable bonds is 2. The molecule has 1 aliphatic heterocycles. The van der Waals surface area contributed by atoms with Crippen LogP contribution in [0.15, 0.2) is 29.2 Å². The van der Waals surface area contributed by atoms with Crippen LogP contribution >= 0.6 is 11.3 Å². The number of carbonyl (C=O) groups is 2. The van der Waals surface area contributed by atoms with E-state index in [1.807, 2.05) is 0 Å². The van der Waals surface area contributed by atoms with Crippen molar-refractivity contribution in [1.29, 1.82) is 0 Å². The smallest absolute Gasteiger partial charge is 0.252 e. The van der Waals surface area contributed by atoms with Crippen molar-refractivity contribution < 1.29 is 22.6 Å². The van der Waals surface area contributed by atoms with Crippen LogP contribution in [0.4, 0.5) is 14.5 Å². The van der Waals surface area contributed by atoms with E-state index in [1.54, 1.807) is 13.0 Å². The molecule has 2 aromatic rings. The maximum atomic E-state index is 13.7. The lowest BCUT2D eigenvalue weighted by Gasteiger charge is -2.27. The Labute approximate surface area is 142 Å². The van der Waals surface area contributed by atoms with Gasteiger partial charge in [0.2, 0.25) is 5.91 Å². The van der Waals surface area contributed by atoms with Crippen LogP contribution < -0.4 is 5.32 Å². The fraction of sp³-hybridized carbons (Fsp3) is 0.200. The molecule has 2 amide bonds. The minimum Gasteiger partial charge on any atom is -0.323 e. The van der Waals surface area contributed by atoms with Crippen molar-refractivity contribution in [1.82, 2.24) is 4.31 Å². The first-order chi connectivity index (χ1) is 11.3. The lowest BCUT2D eigenvalue weighted by molar-refractivity contribution is -0.132. The van der Waals surface area contributed by atoms with Gasteiger partial charge in [0.1, 0.15) is 11.6 Å². The highest BCUT2D eigenvalue weighted by Gasteiger charge is 2.42. The lowest BCUT2D eigenvalue weighted by Crippen LogP contribution is -2.42. The summed E-state index contributed by atoms with van der Waals surface area (Å²) >= 11 is 1.20. The molecule has 1 aromatic carbocycles. The van der Waals surface area contributed by atoms with E-state index in [4.69, 9.17) is 0 Å². The van der Waals surface area contributed by atoms with E-state index in [9.17, 15) is 22.6 Å². The molecular formula is C15H12F2N2O3S2. The van der Waals surface area contributed by atoms with Crippen LogP contribution in [0.3, 0.4) is 0 Å². The number of nitrogens with one attached hydrogen (secondary N) is 1. The maximum Gasteiger partial charge on any atom is 0.252 e. The number of aryl methyl sites for hydroxylation is 1. The molecule has 1 aliphatic rings. The third-order valence-electron chi connectivity index (χ3n) is 3.56. The molecule has 0 saturated carbocycles. The number of carbonyl (C=O) groups excluding carboxylic acids is 2. The number of hydrogen-bond acceptors (Lipinski definition) is 4. The number of likely N-dealkylation sites (N-methyl/N-ethyl adjacent to an activating group) is 1. The second-order valence-electron chi connectivity index (χ2n) is 5.22. The third kappa shape index (κ3) is 2.73. The Balaban J connectivity index is 1.98. The number of anilines is 1. The van der Waals surface area contributed by atoms with E-state index < -0.39 is 40.4 Å². The van der Waals surface area contributed by atoms with Crippen LogP contribution in [-0.2, 0) is 20.6 Å². The summed E-state index contributed by atoms with van der Waals surface area (Å²) in [6.45, 7) is 1.78. The monoisotopic (exact) mass is 370 g/mol. The molecule has 0 bridgehead atoms. The Hall–Kier alpha value is -2.13. The van der Waals surface area contributed by atoms with Crippen molar-refractivity contribution in [2.45, 2.75) is 17.7 Å². The molecule has 2 atom stereocenters. The maximum absolute atomic E-state index is 13.7. The number of amides is 2. The van der Waals surface area contributed by atoms with Gasteiger partial charge in [0.05, 0.1) is 10.6 Å². The molecule has 9 heteroatoms. The van der Waals surface area contributed by atoms with Crippen LogP contribution in [0, 0.1) is 18.6 Å². The molecule has 0 radical (unpaired) electrons. The van der Waals surface area contributed by atoms with Crippen molar-refractivity contribution in [2.24, 2.45) is 0 Å². The molecule has 5 nitrogen and oxygen atoms in total. The standard InChI is InChI=1S/C15H12F2N2O3S2/c1-7-5-11-13(23-7)12(15(21)19(2)24(11)22)14(20)18-10-4-3-8(16)6-9(10)17/h3-6,12H,1-2H3,(H,18,20). The van der Waals surface area contributed by atoms with Gasteiger partial charge in [-0.05, 0) is 25.1 Å². The van der Waals surface area contributed by atoms with Crippen molar-refractivity contribution >= 4 is 39.8 Å². The summed E-state index contributed by atoms with van der Waals surface area (Å²) in [5.74, 6) is -4.32. The Morgan fingerprint density at radius 2 is 2.04 bits per heavy atom. The van der Waals surface area contributed by atoms with Gasteiger partial charge in [-0.25, -0.2) is 13.0 Å². The van der Waals surface area contributed by atoms with E-state index in [-0.39, 0.29) is 5.69 Å². The van der Waals surface area contributed by atoms with Gasteiger partial charge in [-0.15, -0.1) is 11.3 Å². The molecule has 2 unspecified atom stereocenters. The highest BCUT2D eigenvalue weighted by molar-refractivity contribution is 7.83. The molecule has 0 spiro atoms. The van der Waals surface area contributed by atoms with Crippen LogP contribution in [0.2, 0.25) is 0 Å². The number of halogens is 2. The lowest BCUT2D eigenvalue weighted by atomic mass is 10.1. The van der Waals surface area contributed by atoms with E-state index in [0.29, 0.717) is 15.8 Å². The fourth-order valence-corrected chi connectivity index (χ4v) is 4.95. The average Bonchev–Trinajstić information content (AvgIpc) is 2.89. The van der Waals surface area contributed by atoms with E-state index >= 15 is 0 Å². The van der Waals surface area contributed by atoms with Crippen molar-refractivity contribution in [3.63, 3.8) is 0 Å². The summed E-state index contributed by atoms with van der Waals surface area (Å²) in [5, 5.41) is 2.30. The Morgan fingerprint density at radius 1 is 1.33 bits per heavy atom. The van der Waals surface area contributed by atoms with E-state index in [1.165, 1.54) is 18.4 Å². The van der Waals surface area contributed by atoms with Crippen LogP contribution in [0.5, 0.6) is 0 Å². The van der Waals surface area contributed by atoms with Gasteiger partial charge in [0.25, 0.3) is 5.91 Å². The molecular weight excluding hydrogens is 358 g/mol. The van der Waals surface area contributed by atoms with Gasteiger partial charge in [-0.3, -0.25) is 13.9 Å². The SMILES string of the molecule is Cc1cc2c(s1)C(C(=O)Nc1ccc(F)cc1F)C(=O)N(C)S2=O. The molecule has 2 heterocycles. The zero-order valence-corrected chi connectivity index (χ0v) is 14.3. The number of nitrogens with zero attached hydrogens (tertiary/aromatic N) is 1. The van der Waals surface area contributed by atoms with Crippen LogP contribution in [-0.4, -0.2) is 27.4 Å². The molecule has 1 N–H and O–H groups in total. The first-order valence-corrected chi connectivity index (χ1v) is 8.77. The summed E-state index contributed by atoms with van der Waals surface area (Å²) in [6, 6.07) is 4.39. The molecule has 1 aromatic heterocycles. The summed E-state index contributed by atoms with van der Waals surface area (Å²) in [7, 11) is -0.329. The molecule has 3 rings (SSSR count). The van der Waals surface area contributed by atoms with E-state index in [2.05, 4.69) is 5.32 Å². The van der Waals surface area contributed by atoms with Crippen molar-refractivity contribution in [3.8, 4) is 0 Å². The summed E-state index contributed by atoms with van der Waals surface area (Å²) in [6.07, 6.45) is 0. The number of fused-ring (bicyclic) bond motifs is 1. The molecule has 24 heavy (non-hydrogen) atoms. The third-order valence-corrected chi connectivity index (χ3v) is 6.19. The normalized spacial score (nSPS) is 20.0. The zero-order valence-electron chi connectivity index (χ0n) is 12.6. The van der Waals surface area contributed by atoms with Crippen molar-refractivity contribution in [3.05, 3.63) is 45.7 Å². The Bertz CT molecular complexity index is 882. The highest BCUT2D eigenvalue weighted by Crippen LogP contribution is 2.38. The van der Waals surface area contributed by atoms with Crippen molar-refractivity contribution in [2.75, 3.05) is 12.4 Å². The van der Waals surface area contributed by atoms with Crippen LogP contribution in [0.1, 0.15) is 15.7 Å². The quantitative estimate of drug-likeness (QED) is 0.827. The first-order valence-electron chi connectivity index (χ1n) is 6.85. The number of thiophene rings is 1. The zero-order chi connectivity index (χ0) is 17.6. The second-order valence-corrected chi connectivity index (χ2v) is 7.99. The molecule has 126 valence electrons. The number of benzene rings is 1. The predicted molar refractivity (Wildman–Crippen MR) is 86.0 cm³/mol. The van der Waals surface area contributed by atoms with Gasteiger partial charge in [0.15, 0.2) is 16.9 Å². The minimum absolute atomic E-state index is 0.224. The average molecular weight is 370 g/mol. The molecule has 0 fully saturated rings. The highest BCUT2D eigenvalue weighted by atomic mass is 32.2. The summed E-state index contributed by atoms with van der Waals surface area (Å²) in [5.41, 5.74) is -0.224. The summed E-state index contributed by atoms with van der Waals surface area (Å²) in [4.78, 5) is 26.5. The van der Waals surface area contributed by atoms with E-state index in [0.717, 1.165) is 21.3 Å². The number of hydrogen-bond donors (Lipinski definition) is 1. The Kier molecular flexibility index (Phi) is 4.22. The molecule has 0 aliphatic carbocycles. The van der Waals surface area contributed by atoms with Gasteiger partial charge >= 0.3 is 0 Å².